The minimum Gasteiger partial charge on any atom is -0.0622 e. The maximum absolute atomic E-state index is 2.38. The second-order valence-electron chi connectivity index (χ2n) is 31.5. The molecular formula is C120H78. The van der Waals surface area contributed by atoms with E-state index in [4.69, 9.17) is 0 Å². The molecule has 0 nitrogen and oxygen atoms in total. The van der Waals surface area contributed by atoms with Crippen molar-refractivity contribution in [3.63, 3.8) is 0 Å². The van der Waals surface area contributed by atoms with E-state index in [-0.39, 0.29) is 0 Å². The Bertz CT molecular complexity index is 7930. The zero-order valence-corrected chi connectivity index (χ0v) is 66.0. The van der Waals surface area contributed by atoms with Gasteiger partial charge in [-0.05, 0) is 248 Å². The topological polar surface area (TPSA) is 0 Å². The Morgan fingerprint density at radius 2 is 0.325 bits per heavy atom. The lowest BCUT2D eigenvalue weighted by Gasteiger charge is -2.18. The Kier molecular flexibility index (Phi) is 18.1. The van der Waals surface area contributed by atoms with Crippen LogP contribution < -0.4 is 0 Å². The molecule has 0 amide bonds. The molecule has 0 heterocycles. The van der Waals surface area contributed by atoms with Crippen molar-refractivity contribution in [1.82, 2.24) is 0 Å². The Morgan fingerprint density at radius 3 is 0.733 bits per heavy atom. The Hall–Kier alpha value is -15.6. The average Bonchev–Trinajstić information content (AvgIpc) is 0.739. The summed E-state index contributed by atoms with van der Waals surface area (Å²) in [5.74, 6) is 0. The summed E-state index contributed by atoms with van der Waals surface area (Å²) in [5, 5.41) is 30.8. The molecule has 0 N–H and O–H groups in total. The number of fused-ring (bicyclic) bond motifs is 15. The lowest BCUT2D eigenvalue weighted by atomic mass is 9.85. The smallest absolute Gasteiger partial charge is 0.00262 e. The van der Waals surface area contributed by atoms with Gasteiger partial charge in [-0.3, -0.25) is 0 Å². The largest absolute Gasteiger partial charge is 0.0622 e. The van der Waals surface area contributed by atoms with Crippen LogP contribution in [-0.2, 0) is 0 Å². The Balaban J connectivity index is 0.000000108. The minimum atomic E-state index is 1.23. The minimum absolute atomic E-state index is 1.23. The van der Waals surface area contributed by atoms with Crippen molar-refractivity contribution in [1.29, 1.82) is 0 Å². The van der Waals surface area contributed by atoms with Gasteiger partial charge in [-0.25, -0.2) is 0 Å². The Morgan fingerprint density at radius 1 is 0.0917 bits per heavy atom. The summed E-state index contributed by atoms with van der Waals surface area (Å²) in [6, 6.07) is 172. The van der Waals surface area contributed by atoms with Gasteiger partial charge in [0.15, 0.2) is 0 Å². The third kappa shape index (κ3) is 12.7. The number of hydrogen-bond donors (Lipinski definition) is 0. The van der Waals surface area contributed by atoms with Crippen LogP contribution in [0.3, 0.4) is 0 Å². The van der Waals surface area contributed by atoms with Crippen LogP contribution in [0.1, 0.15) is 0 Å². The fourth-order valence-electron chi connectivity index (χ4n) is 19.2. The van der Waals surface area contributed by atoms with E-state index in [0.29, 0.717) is 0 Å². The van der Waals surface area contributed by atoms with E-state index in [1.54, 1.807) is 0 Å². The summed E-state index contributed by atoms with van der Waals surface area (Å²) < 4.78 is 0. The van der Waals surface area contributed by atoms with Gasteiger partial charge in [-0.15, -0.1) is 0 Å². The van der Waals surface area contributed by atoms with Crippen molar-refractivity contribution in [2.24, 2.45) is 0 Å². The lowest BCUT2D eigenvalue weighted by Crippen LogP contribution is -1.91. The molecule has 24 rings (SSSR count). The third-order valence-corrected chi connectivity index (χ3v) is 24.7. The first-order chi connectivity index (χ1) is 59.6. The lowest BCUT2D eigenvalue weighted by molar-refractivity contribution is 1.63. The molecule has 0 fully saturated rings. The first kappa shape index (κ1) is 71.0. The molecule has 0 aliphatic carbocycles. The van der Waals surface area contributed by atoms with Gasteiger partial charge in [0.25, 0.3) is 0 Å². The highest BCUT2D eigenvalue weighted by Crippen LogP contribution is 2.49. The van der Waals surface area contributed by atoms with E-state index >= 15 is 0 Å². The van der Waals surface area contributed by atoms with Crippen molar-refractivity contribution < 1.29 is 0 Å². The quantitative estimate of drug-likeness (QED) is 0.0998. The SMILES string of the molecule is c1ccc(-c2c3ccccc3c(-c3ccc(-c4ccc5c(ccc6ccccc65)c4)cc3)c3ccccc23)cc1.c1ccc(-c2c3ccccc3c(-c3ccc(-c4ccc5ccc6ccccc6c5c4)cc3)c3ccccc23)cc1.c1ccc(-c2c3ccccc3c(-c3cccc(-c4cccc5ccc6ccccc6c45)c3)c3ccccc23)cc1. The zero-order chi connectivity index (χ0) is 79.4. The molecule has 0 atom stereocenters. The third-order valence-electron chi connectivity index (χ3n) is 24.7. The summed E-state index contributed by atoms with van der Waals surface area (Å²) in [5.41, 5.74) is 22.7. The van der Waals surface area contributed by atoms with Crippen LogP contribution in [0.2, 0.25) is 0 Å². The maximum Gasteiger partial charge on any atom is -0.00262 e. The van der Waals surface area contributed by atoms with Gasteiger partial charge >= 0.3 is 0 Å². The van der Waals surface area contributed by atoms with E-state index in [1.165, 1.54) is 229 Å². The van der Waals surface area contributed by atoms with Crippen molar-refractivity contribution in [3.05, 3.63) is 473 Å². The van der Waals surface area contributed by atoms with E-state index in [9.17, 15) is 0 Å². The summed E-state index contributed by atoms with van der Waals surface area (Å²) >= 11 is 0. The highest BCUT2D eigenvalue weighted by Gasteiger charge is 2.22. The molecule has 0 aromatic heterocycles. The molecule has 0 saturated carbocycles. The van der Waals surface area contributed by atoms with E-state index < -0.39 is 0 Å². The van der Waals surface area contributed by atoms with Crippen LogP contribution in [0.4, 0.5) is 0 Å². The van der Waals surface area contributed by atoms with Crippen molar-refractivity contribution in [2.75, 3.05) is 0 Å². The maximum atomic E-state index is 2.38. The highest BCUT2D eigenvalue weighted by atomic mass is 14.3. The van der Waals surface area contributed by atoms with E-state index in [1.807, 2.05) is 0 Å². The van der Waals surface area contributed by atoms with Crippen LogP contribution in [-0.4, -0.2) is 0 Å². The molecule has 24 aromatic rings. The predicted octanol–water partition coefficient (Wildman–Crippen LogP) is 33.9. The molecule has 0 saturated heterocycles. The number of hydrogen-bond acceptors (Lipinski definition) is 0. The molecule has 558 valence electrons. The second-order valence-corrected chi connectivity index (χ2v) is 31.5. The monoisotopic (exact) mass is 1520 g/mol. The number of rotatable bonds is 9. The standard InChI is InChI=1S/3C40H26/c1-2-13-28(14-3-1)39-34-19-6-8-21-36(34)40(37-22-9-7-20-35(37)39)31-17-10-16-30(26-31)33-23-11-15-29-25-24-27-12-4-5-18-32(27)38(29)33;1-2-11-30(12-3-1)39-34-14-6-8-16-36(34)40(37-17-9-7-15-35(37)39)31-23-18-27(19-24-31)32-25-22-29-21-20-28-10-4-5-13-33(28)38(29)26-32;1-2-11-29(12-3-1)39-35-14-6-8-16-37(35)40(38-17-9-7-15-36(38)39)30-21-18-27(19-22-30)31-24-25-34-32(26-31)23-20-28-10-4-5-13-33(28)34/h3*1-26H. The van der Waals surface area contributed by atoms with Crippen LogP contribution in [0, 0.1) is 0 Å². The van der Waals surface area contributed by atoms with Gasteiger partial charge in [-0.1, -0.05) is 455 Å². The number of benzene rings is 24. The normalized spacial score (nSPS) is 11.5. The molecule has 0 unspecified atom stereocenters. The molecule has 0 aliphatic heterocycles. The Labute approximate surface area is 697 Å². The molecule has 0 radical (unpaired) electrons. The van der Waals surface area contributed by atoms with E-state index in [2.05, 4.69) is 473 Å². The van der Waals surface area contributed by atoms with Gasteiger partial charge < -0.3 is 0 Å². The average molecular weight is 1520 g/mol. The molecule has 24 aromatic carbocycles. The molecule has 0 spiro atoms. The predicted molar refractivity (Wildman–Crippen MR) is 518 cm³/mol. The van der Waals surface area contributed by atoms with Gasteiger partial charge in [0.05, 0.1) is 0 Å². The first-order valence-electron chi connectivity index (χ1n) is 41.6. The highest BCUT2D eigenvalue weighted by molar-refractivity contribution is 6.25. The van der Waals surface area contributed by atoms with Gasteiger partial charge in [-0.2, -0.15) is 0 Å². The molecule has 0 aliphatic rings. The molecule has 0 heteroatoms. The molecule has 0 bridgehead atoms. The van der Waals surface area contributed by atoms with Crippen LogP contribution in [0.25, 0.3) is 229 Å². The van der Waals surface area contributed by atoms with Crippen LogP contribution in [0.5, 0.6) is 0 Å². The van der Waals surface area contributed by atoms with Crippen molar-refractivity contribution in [2.45, 2.75) is 0 Å². The molecular weight excluding hydrogens is 1440 g/mol. The van der Waals surface area contributed by atoms with E-state index in [0.717, 1.165) is 0 Å². The zero-order valence-electron chi connectivity index (χ0n) is 66.0. The fourth-order valence-corrected chi connectivity index (χ4v) is 19.2. The summed E-state index contributed by atoms with van der Waals surface area (Å²) in [6.45, 7) is 0. The second kappa shape index (κ2) is 30.5. The fraction of sp³-hybridized carbons (Fsp3) is 0. The summed E-state index contributed by atoms with van der Waals surface area (Å²) in [6.07, 6.45) is 0. The van der Waals surface area contributed by atoms with Crippen molar-refractivity contribution in [3.8, 4) is 100 Å². The first-order valence-corrected chi connectivity index (χ1v) is 41.6. The van der Waals surface area contributed by atoms with Crippen molar-refractivity contribution >= 4 is 129 Å². The van der Waals surface area contributed by atoms with Crippen LogP contribution in [0.15, 0.2) is 473 Å². The molecule has 120 heavy (non-hydrogen) atoms. The summed E-state index contributed by atoms with van der Waals surface area (Å²) in [4.78, 5) is 0. The van der Waals surface area contributed by atoms with Crippen LogP contribution >= 0.6 is 0 Å². The van der Waals surface area contributed by atoms with Gasteiger partial charge in [0.1, 0.15) is 0 Å². The van der Waals surface area contributed by atoms with Gasteiger partial charge in [0.2, 0.25) is 0 Å². The summed E-state index contributed by atoms with van der Waals surface area (Å²) in [7, 11) is 0. The van der Waals surface area contributed by atoms with Gasteiger partial charge in [0, 0.05) is 0 Å².